The number of nitrogens with zero attached hydrogens (tertiary/aromatic N) is 2. The van der Waals surface area contributed by atoms with Crippen LogP contribution in [0.5, 0.6) is 0 Å². The van der Waals surface area contributed by atoms with Crippen LogP contribution >= 0.6 is 0 Å². The minimum absolute atomic E-state index is 0.177. The summed E-state index contributed by atoms with van der Waals surface area (Å²) in [6.45, 7) is 3.36. The first-order chi connectivity index (χ1) is 20.3. The molecule has 12 nitrogen and oxygen atoms in total. The van der Waals surface area contributed by atoms with Crippen LogP contribution in [0.15, 0.2) is 117 Å². The number of hydrazone groups is 2. The largest absolute Gasteiger partial charge is 0.459 e. The molecule has 0 aliphatic carbocycles. The lowest BCUT2D eigenvalue weighted by Gasteiger charge is -2.06. The van der Waals surface area contributed by atoms with Crippen LogP contribution in [0.1, 0.15) is 46.1 Å². The number of anilines is 2. The van der Waals surface area contributed by atoms with Crippen molar-refractivity contribution in [2.45, 2.75) is 13.8 Å². The fourth-order valence-electron chi connectivity index (χ4n) is 3.48. The van der Waals surface area contributed by atoms with Gasteiger partial charge >= 0.3 is 0 Å². The van der Waals surface area contributed by atoms with E-state index < -0.39 is 23.6 Å². The van der Waals surface area contributed by atoms with Gasteiger partial charge in [0.2, 0.25) is 0 Å². The molecule has 4 N–H and O–H groups in total. The van der Waals surface area contributed by atoms with Gasteiger partial charge in [0.25, 0.3) is 23.6 Å². The topological polar surface area (TPSA) is 167 Å². The van der Waals surface area contributed by atoms with E-state index in [1.165, 1.54) is 12.5 Å². The van der Waals surface area contributed by atoms with E-state index in [4.69, 9.17) is 8.83 Å². The van der Waals surface area contributed by atoms with Crippen LogP contribution in [-0.2, 0) is 9.59 Å². The van der Waals surface area contributed by atoms with Crippen molar-refractivity contribution in [1.29, 1.82) is 0 Å². The van der Waals surface area contributed by atoms with Crippen molar-refractivity contribution in [1.82, 2.24) is 10.9 Å². The zero-order chi connectivity index (χ0) is 29.9. The number of furan rings is 2. The van der Waals surface area contributed by atoms with E-state index in [1.54, 1.807) is 86.6 Å². The molecule has 0 bridgehead atoms. The molecular weight excluding hydrogens is 540 g/mol. The molecular formula is C30H26N6O6. The number of rotatable bonds is 10. The number of carbonyl (C=O) groups is 4. The van der Waals surface area contributed by atoms with Crippen molar-refractivity contribution < 1.29 is 28.0 Å². The van der Waals surface area contributed by atoms with Gasteiger partial charge in [-0.05, 0) is 73.5 Å². The lowest BCUT2D eigenvalue weighted by molar-refractivity contribution is -0.118. The SMILES string of the molecule is C/C(=N/NC(=O)/C=C/C(=O)N/N=C(/C)c1cccc(NC(=O)c2ccco2)c1)c1cccc(NC(=O)c2ccco2)c1. The van der Waals surface area contributed by atoms with Gasteiger partial charge in [-0.2, -0.15) is 10.2 Å². The van der Waals surface area contributed by atoms with Gasteiger partial charge in [-0.25, -0.2) is 10.9 Å². The standard InChI is InChI=1S/C30H26N6O6/c1-19(21-7-3-9-23(17-21)31-29(39)25-11-5-15-41-25)33-35-27(37)13-14-28(38)36-34-20(2)22-8-4-10-24(18-22)32-30(40)26-12-6-16-42-26/h3-18H,1-2H3,(H,31,39)(H,32,40)(H,35,37)(H,36,38)/b14-13+,33-19-,34-20-. The Hall–Kier alpha value is -6.04. The molecule has 0 radical (unpaired) electrons. The van der Waals surface area contributed by atoms with Crippen LogP contribution in [0.3, 0.4) is 0 Å². The van der Waals surface area contributed by atoms with Gasteiger partial charge in [0.15, 0.2) is 11.5 Å². The molecule has 0 saturated carbocycles. The second kappa shape index (κ2) is 13.8. The Balaban J connectivity index is 1.27. The summed E-state index contributed by atoms with van der Waals surface area (Å²) in [5.41, 5.74) is 7.98. The molecule has 0 aliphatic heterocycles. The van der Waals surface area contributed by atoms with Crippen molar-refractivity contribution in [2.24, 2.45) is 10.2 Å². The highest BCUT2D eigenvalue weighted by Gasteiger charge is 2.11. The first-order valence-electron chi connectivity index (χ1n) is 12.6. The summed E-state index contributed by atoms with van der Waals surface area (Å²) in [6, 6.07) is 20.1. The fourth-order valence-corrected chi connectivity index (χ4v) is 3.48. The zero-order valence-electron chi connectivity index (χ0n) is 22.6. The van der Waals surface area contributed by atoms with E-state index >= 15 is 0 Å². The number of carbonyl (C=O) groups excluding carboxylic acids is 4. The molecule has 2 heterocycles. The number of hydrogen-bond donors (Lipinski definition) is 4. The minimum Gasteiger partial charge on any atom is -0.459 e. The minimum atomic E-state index is -0.632. The summed E-state index contributed by atoms with van der Waals surface area (Å²) < 4.78 is 10.2. The highest BCUT2D eigenvalue weighted by molar-refractivity contribution is 6.06. The van der Waals surface area contributed by atoms with Gasteiger partial charge < -0.3 is 19.5 Å². The molecule has 4 aromatic rings. The second-order valence-corrected chi connectivity index (χ2v) is 8.70. The summed E-state index contributed by atoms with van der Waals surface area (Å²) >= 11 is 0. The van der Waals surface area contributed by atoms with Gasteiger partial charge in [-0.3, -0.25) is 19.2 Å². The van der Waals surface area contributed by atoms with E-state index in [0.717, 1.165) is 12.2 Å². The van der Waals surface area contributed by atoms with Crippen LogP contribution in [0, 0.1) is 0 Å². The van der Waals surface area contributed by atoms with E-state index in [2.05, 4.69) is 31.7 Å². The van der Waals surface area contributed by atoms with E-state index in [-0.39, 0.29) is 11.5 Å². The molecule has 42 heavy (non-hydrogen) atoms. The number of amides is 4. The van der Waals surface area contributed by atoms with Gasteiger partial charge in [0.1, 0.15) is 0 Å². The Bertz CT molecular complexity index is 1550. The molecule has 0 unspecified atom stereocenters. The zero-order valence-corrected chi connectivity index (χ0v) is 22.6. The fraction of sp³-hybridized carbons (Fsp3) is 0.0667. The highest BCUT2D eigenvalue weighted by atomic mass is 16.3. The molecule has 0 spiro atoms. The second-order valence-electron chi connectivity index (χ2n) is 8.70. The quantitative estimate of drug-likeness (QED) is 0.127. The van der Waals surface area contributed by atoms with Crippen molar-refractivity contribution in [3.63, 3.8) is 0 Å². The summed E-state index contributed by atoms with van der Waals surface area (Å²) in [7, 11) is 0. The third-order valence-electron chi connectivity index (χ3n) is 5.62. The van der Waals surface area contributed by atoms with Crippen molar-refractivity contribution in [2.75, 3.05) is 10.6 Å². The lowest BCUT2D eigenvalue weighted by Crippen LogP contribution is -2.20. The average molecular weight is 567 g/mol. The van der Waals surface area contributed by atoms with Crippen molar-refractivity contribution in [3.8, 4) is 0 Å². The van der Waals surface area contributed by atoms with Gasteiger partial charge in [-0.1, -0.05) is 24.3 Å². The molecule has 0 aliphatic rings. The van der Waals surface area contributed by atoms with Gasteiger partial charge in [-0.15, -0.1) is 0 Å². The molecule has 4 amide bonds. The molecule has 0 atom stereocenters. The summed E-state index contributed by atoms with van der Waals surface area (Å²) in [6.07, 6.45) is 4.85. The maximum atomic E-state index is 12.2. The van der Waals surface area contributed by atoms with E-state index in [1.807, 2.05) is 0 Å². The maximum Gasteiger partial charge on any atom is 0.291 e. The third-order valence-corrected chi connectivity index (χ3v) is 5.62. The third kappa shape index (κ3) is 8.23. The van der Waals surface area contributed by atoms with Crippen LogP contribution in [0.2, 0.25) is 0 Å². The maximum absolute atomic E-state index is 12.2. The van der Waals surface area contributed by atoms with E-state index in [9.17, 15) is 19.2 Å². The Morgan fingerprint density at radius 1 is 0.619 bits per heavy atom. The molecule has 2 aromatic carbocycles. The Morgan fingerprint density at radius 3 is 1.43 bits per heavy atom. The smallest absolute Gasteiger partial charge is 0.291 e. The Kier molecular flexibility index (Phi) is 9.55. The molecule has 0 saturated heterocycles. The van der Waals surface area contributed by atoms with E-state index in [0.29, 0.717) is 33.9 Å². The van der Waals surface area contributed by atoms with Crippen molar-refractivity contribution >= 4 is 46.4 Å². The normalized spacial score (nSPS) is 11.7. The van der Waals surface area contributed by atoms with Gasteiger partial charge in [0, 0.05) is 23.5 Å². The molecule has 0 fully saturated rings. The van der Waals surface area contributed by atoms with Gasteiger partial charge in [0.05, 0.1) is 23.9 Å². The first-order valence-corrected chi connectivity index (χ1v) is 12.6. The highest BCUT2D eigenvalue weighted by Crippen LogP contribution is 2.15. The van der Waals surface area contributed by atoms with Crippen LogP contribution < -0.4 is 21.5 Å². The predicted octanol–water partition coefficient (Wildman–Crippen LogP) is 4.31. The molecule has 2 aromatic heterocycles. The summed E-state index contributed by atoms with van der Waals surface area (Å²) in [5, 5.41) is 13.5. The van der Waals surface area contributed by atoms with Crippen molar-refractivity contribution in [3.05, 3.63) is 120 Å². The average Bonchev–Trinajstić information content (AvgIpc) is 3.73. The van der Waals surface area contributed by atoms with Crippen LogP contribution in [0.25, 0.3) is 0 Å². The van der Waals surface area contributed by atoms with Crippen LogP contribution in [0.4, 0.5) is 11.4 Å². The number of hydrogen-bond acceptors (Lipinski definition) is 8. The number of benzene rings is 2. The molecule has 212 valence electrons. The Labute approximate surface area is 240 Å². The summed E-state index contributed by atoms with van der Waals surface area (Å²) in [4.78, 5) is 48.7. The summed E-state index contributed by atoms with van der Waals surface area (Å²) in [5.74, 6) is -1.70. The lowest BCUT2D eigenvalue weighted by atomic mass is 10.1. The monoisotopic (exact) mass is 566 g/mol. The van der Waals surface area contributed by atoms with Crippen LogP contribution in [-0.4, -0.2) is 35.1 Å². The molecule has 12 heteroatoms. The predicted molar refractivity (Wildman–Crippen MR) is 156 cm³/mol. The Morgan fingerprint density at radius 2 is 1.05 bits per heavy atom. The molecule has 4 rings (SSSR count). The first kappa shape index (κ1) is 29.0. The number of nitrogens with one attached hydrogen (secondary N) is 4.